The standard InChI is InChI=1S/2C12H11.CH2.Hf/c2*1-10-6-8-12(9-7-10)11-4-2-3-5-11;;/h2*2-9H,1H3;1H2;/q2*-1;;+2. The molecular weight excluding hydrogens is 479 g/mol. The van der Waals surface area contributed by atoms with E-state index in [1.807, 2.05) is 0 Å². The first kappa shape index (κ1) is 20.2. The van der Waals surface area contributed by atoms with Crippen molar-refractivity contribution >= 4 is 4.26 Å². The molecule has 128 valence electrons. The molecule has 0 bridgehead atoms. The van der Waals surface area contributed by atoms with Gasteiger partial charge in [-0.25, -0.2) is 12.1 Å². The van der Waals surface area contributed by atoms with E-state index >= 15 is 0 Å². The van der Waals surface area contributed by atoms with E-state index in [0.29, 0.717) is 0 Å². The molecule has 0 aromatic heterocycles. The van der Waals surface area contributed by atoms with Crippen molar-refractivity contribution in [2.24, 2.45) is 0 Å². The van der Waals surface area contributed by atoms with Crippen molar-refractivity contribution in [3.05, 3.63) is 108 Å². The van der Waals surface area contributed by atoms with Gasteiger partial charge in [0.2, 0.25) is 0 Å². The third kappa shape index (κ3) is 6.00. The zero-order valence-electron chi connectivity index (χ0n) is 15.4. The van der Waals surface area contributed by atoms with Gasteiger partial charge in [-0.05, 0) is 13.8 Å². The molecule has 0 atom stereocenters. The van der Waals surface area contributed by atoms with Gasteiger partial charge in [0.25, 0.3) is 0 Å². The summed E-state index contributed by atoms with van der Waals surface area (Å²) in [6, 6.07) is 34.0. The van der Waals surface area contributed by atoms with E-state index in [-0.39, 0.29) is 0 Å². The van der Waals surface area contributed by atoms with Crippen molar-refractivity contribution in [1.29, 1.82) is 0 Å². The number of hydrogen-bond acceptors (Lipinski definition) is 0. The third-order valence-corrected chi connectivity index (χ3v) is 4.10. The molecule has 0 N–H and O–H groups in total. The van der Waals surface area contributed by atoms with Crippen LogP contribution in [0.1, 0.15) is 11.1 Å². The van der Waals surface area contributed by atoms with Crippen LogP contribution in [-0.4, -0.2) is 4.26 Å². The first-order valence-corrected chi connectivity index (χ1v) is 11.2. The van der Waals surface area contributed by atoms with Gasteiger partial charge in [0, 0.05) is 0 Å². The molecule has 0 radical (unpaired) electrons. The number of rotatable bonds is 2. The van der Waals surface area contributed by atoms with Crippen molar-refractivity contribution in [2.75, 3.05) is 0 Å². The van der Waals surface area contributed by atoms with Crippen LogP contribution in [0.2, 0.25) is 0 Å². The molecule has 0 spiro atoms. The van der Waals surface area contributed by atoms with Crippen molar-refractivity contribution in [2.45, 2.75) is 13.8 Å². The van der Waals surface area contributed by atoms with Crippen LogP contribution in [0.4, 0.5) is 0 Å². The molecule has 0 heterocycles. The first-order chi connectivity index (χ1) is 12.7. The second-order valence-electron chi connectivity index (χ2n) is 6.08. The normalized spacial score (nSPS) is 9.54. The van der Waals surface area contributed by atoms with Crippen LogP contribution in [0.3, 0.4) is 0 Å². The van der Waals surface area contributed by atoms with E-state index in [1.54, 1.807) is 0 Å². The minimum atomic E-state index is 1.06. The Labute approximate surface area is 171 Å². The second-order valence-corrected chi connectivity index (χ2v) is 6.08. The summed E-state index contributed by atoms with van der Waals surface area (Å²) in [6.45, 7) is 4.21. The molecule has 0 aliphatic carbocycles. The second kappa shape index (κ2) is 10.8. The van der Waals surface area contributed by atoms with Gasteiger partial charge in [-0.2, -0.15) is 47.5 Å². The molecular formula is C25H24Hf. The summed E-state index contributed by atoms with van der Waals surface area (Å²) in [6.07, 6.45) is 0. The molecule has 0 amide bonds. The Morgan fingerprint density at radius 1 is 0.538 bits per heavy atom. The van der Waals surface area contributed by atoms with Crippen LogP contribution in [0.15, 0.2) is 97.1 Å². The van der Waals surface area contributed by atoms with Gasteiger partial charge in [-0.15, -0.1) is 0 Å². The Kier molecular flexibility index (Phi) is 8.37. The minimum absolute atomic E-state index is 1.06. The molecule has 0 aliphatic heterocycles. The molecule has 0 saturated heterocycles. The predicted octanol–water partition coefficient (Wildman–Crippen LogP) is 6.73. The number of benzene rings is 2. The molecule has 0 saturated carbocycles. The van der Waals surface area contributed by atoms with Crippen LogP contribution in [0.5, 0.6) is 0 Å². The first-order valence-electron chi connectivity index (χ1n) is 8.65. The molecule has 1 heteroatoms. The van der Waals surface area contributed by atoms with E-state index in [0.717, 1.165) is 23.9 Å². The van der Waals surface area contributed by atoms with E-state index in [1.165, 1.54) is 33.4 Å². The Morgan fingerprint density at radius 2 is 0.885 bits per heavy atom. The molecule has 26 heavy (non-hydrogen) atoms. The SMILES string of the molecule is Cc1ccc(-c2cc[cH-]c2)cc1.Cc1ccc(-c2cc[cH-]c2)cc1.[CH2]=[Hf+2]. The fraction of sp³-hybridized carbons (Fsp3) is 0.0800. The summed E-state index contributed by atoms with van der Waals surface area (Å²) in [4.78, 5) is 0. The van der Waals surface area contributed by atoms with E-state index in [4.69, 9.17) is 0 Å². The van der Waals surface area contributed by atoms with Gasteiger partial charge < -0.3 is 0 Å². The summed E-state index contributed by atoms with van der Waals surface area (Å²) in [5.41, 5.74) is 7.82. The van der Waals surface area contributed by atoms with Gasteiger partial charge in [-0.1, -0.05) is 70.8 Å². The van der Waals surface area contributed by atoms with E-state index < -0.39 is 0 Å². The average molecular weight is 503 g/mol. The zero-order valence-corrected chi connectivity index (χ0v) is 19.0. The quantitative estimate of drug-likeness (QED) is 0.211. The maximum atomic E-state index is 3.39. The molecule has 0 aliphatic rings. The summed E-state index contributed by atoms with van der Waals surface area (Å²) in [5.74, 6) is 0. The molecule has 4 rings (SSSR count). The molecule has 0 nitrogen and oxygen atoms in total. The van der Waals surface area contributed by atoms with Crippen molar-refractivity contribution in [1.82, 2.24) is 0 Å². The van der Waals surface area contributed by atoms with Crippen molar-refractivity contribution in [3.8, 4) is 22.3 Å². The molecule has 0 unspecified atom stereocenters. The summed E-state index contributed by atoms with van der Waals surface area (Å²) < 4.78 is 3.39. The summed E-state index contributed by atoms with van der Waals surface area (Å²) >= 11 is 1.06. The summed E-state index contributed by atoms with van der Waals surface area (Å²) in [5, 5.41) is 0. The topological polar surface area (TPSA) is 0 Å². The Balaban J connectivity index is 0.000000171. The monoisotopic (exact) mass is 504 g/mol. The van der Waals surface area contributed by atoms with Gasteiger partial charge in [0.05, 0.1) is 0 Å². The van der Waals surface area contributed by atoms with Gasteiger partial charge in [-0.3, -0.25) is 0 Å². The number of aryl methyl sites for hydroxylation is 2. The van der Waals surface area contributed by atoms with E-state index in [9.17, 15) is 0 Å². The predicted molar refractivity (Wildman–Crippen MR) is 112 cm³/mol. The van der Waals surface area contributed by atoms with Crippen LogP contribution in [0.25, 0.3) is 22.3 Å². The Morgan fingerprint density at radius 3 is 1.15 bits per heavy atom. The van der Waals surface area contributed by atoms with Gasteiger partial charge in [0.15, 0.2) is 0 Å². The number of hydrogen-bond donors (Lipinski definition) is 0. The van der Waals surface area contributed by atoms with Gasteiger partial charge >= 0.3 is 28.2 Å². The molecule has 4 aromatic rings. The van der Waals surface area contributed by atoms with Crippen LogP contribution < -0.4 is 0 Å². The van der Waals surface area contributed by atoms with Crippen molar-refractivity contribution in [3.63, 3.8) is 0 Å². The van der Waals surface area contributed by atoms with Crippen LogP contribution in [-0.2, 0) is 23.9 Å². The van der Waals surface area contributed by atoms with Crippen LogP contribution >= 0.6 is 0 Å². The maximum absolute atomic E-state index is 3.39. The van der Waals surface area contributed by atoms with Crippen LogP contribution in [0, 0.1) is 13.8 Å². The molecule has 4 aromatic carbocycles. The molecule has 0 fully saturated rings. The average Bonchev–Trinajstić information content (AvgIpc) is 3.39. The fourth-order valence-corrected chi connectivity index (χ4v) is 2.62. The van der Waals surface area contributed by atoms with E-state index in [2.05, 4.69) is 115 Å². The van der Waals surface area contributed by atoms with Gasteiger partial charge in [0.1, 0.15) is 0 Å². The van der Waals surface area contributed by atoms with Crippen molar-refractivity contribution < 1.29 is 23.9 Å². The zero-order chi connectivity index (χ0) is 18.8. The third-order valence-electron chi connectivity index (χ3n) is 4.10. The Bertz CT molecular complexity index is 773. The fourth-order valence-electron chi connectivity index (χ4n) is 2.62. The Hall–Kier alpha value is -2.12. The summed E-state index contributed by atoms with van der Waals surface area (Å²) in [7, 11) is 0.